The van der Waals surface area contributed by atoms with Gasteiger partial charge in [0, 0.05) is 0 Å². The molecule has 6 heteroatoms. The normalized spacial score (nSPS) is 16.8. The second-order valence-corrected chi connectivity index (χ2v) is 4.60. The molecular formula is C14H16N2O4. The quantitative estimate of drug-likeness (QED) is 0.790. The highest BCUT2D eigenvalue weighted by atomic mass is 16.5. The Labute approximate surface area is 116 Å². The van der Waals surface area contributed by atoms with Gasteiger partial charge in [0.1, 0.15) is 19.2 Å². The fourth-order valence-corrected chi connectivity index (χ4v) is 1.92. The summed E-state index contributed by atoms with van der Waals surface area (Å²) in [6.45, 7) is 1.71. The molecule has 0 aliphatic carbocycles. The van der Waals surface area contributed by atoms with Crippen molar-refractivity contribution in [2.45, 2.75) is 19.6 Å². The molecule has 3 amide bonds. The average Bonchev–Trinajstić information content (AvgIpc) is 2.44. The molecule has 6 nitrogen and oxygen atoms in total. The minimum absolute atomic E-state index is 0.108. The number of piperazine rings is 1. The van der Waals surface area contributed by atoms with Crippen LogP contribution < -0.4 is 5.32 Å². The van der Waals surface area contributed by atoms with Crippen molar-refractivity contribution in [2.75, 3.05) is 13.1 Å². The molecule has 1 unspecified atom stereocenters. The molecule has 1 heterocycles. The van der Waals surface area contributed by atoms with Gasteiger partial charge in [0.2, 0.25) is 11.8 Å². The van der Waals surface area contributed by atoms with Gasteiger partial charge in [-0.25, -0.2) is 0 Å². The van der Waals surface area contributed by atoms with Crippen LogP contribution in [0.4, 0.5) is 0 Å². The predicted octanol–water partition coefficient (Wildman–Crippen LogP) is 0.0767. The highest BCUT2D eigenvalue weighted by molar-refractivity contribution is 6.02. The zero-order valence-electron chi connectivity index (χ0n) is 11.2. The zero-order valence-corrected chi connectivity index (χ0v) is 11.2. The molecule has 1 aromatic carbocycles. The summed E-state index contributed by atoms with van der Waals surface area (Å²) in [5.41, 5.74) is 0.958. The molecule has 1 aliphatic rings. The highest BCUT2D eigenvalue weighted by Gasteiger charge is 2.29. The van der Waals surface area contributed by atoms with Crippen molar-refractivity contribution in [3.63, 3.8) is 0 Å². The Morgan fingerprint density at radius 3 is 2.45 bits per heavy atom. The van der Waals surface area contributed by atoms with E-state index in [2.05, 4.69) is 5.32 Å². The number of benzene rings is 1. The van der Waals surface area contributed by atoms with Gasteiger partial charge in [-0.2, -0.15) is 0 Å². The van der Waals surface area contributed by atoms with Gasteiger partial charge in [-0.15, -0.1) is 0 Å². The summed E-state index contributed by atoms with van der Waals surface area (Å²) in [6.07, 6.45) is -0.700. The molecule has 0 spiro atoms. The number of rotatable bonds is 4. The fraction of sp³-hybridized carbons (Fsp3) is 0.357. The maximum atomic E-state index is 12.1. The van der Waals surface area contributed by atoms with Crippen molar-refractivity contribution in [1.82, 2.24) is 10.2 Å². The van der Waals surface area contributed by atoms with E-state index in [1.165, 1.54) is 4.90 Å². The van der Waals surface area contributed by atoms with E-state index in [1.807, 2.05) is 30.3 Å². The molecule has 106 valence electrons. The first-order valence-electron chi connectivity index (χ1n) is 6.33. The molecular weight excluding hydrogens is 260 g/mol. The summed E-state index contributed by atoms with van der Waals surface area (Å²) in [4.78, 5) is 35.7. The van der Waals surface area contributed by atoms with Crippen molar-refractivity contribution in [1.29, 1.82) is 0 Å². The molecule has 2 rings (SSSR count). The first-order valence-corrected chi connectivity index (χ1v) is 6.33. The molecule has 20 heavy (non-hydrogen) atoms. The van der Waals surface area contributed by atoms with Gasteiger partial charge >= 0.3 is 0 Å². The van der Waals surface area contributed by atoms with Crippen LogP contribution >= 0.6 is 0 Å². The van der Waals surface area contributed by atoms with Crippen LogP contribution in [-0.4, -0.2) is 41.8 Å². The largest absolute Gasteiger partial charge is 0.364 e. The lowest BCUT2D eigenvalue weighted by Crippen LogP contribution is -2.55. The second-order valence-electron chi connectivity index (χ2n) is 4.60. The van der Waals surface area contributed by atoms with Crippen LogP contribution in [0.3, 0.4) is 0 Å². The van der Waals surface area contributed by atoms with Gasteiger partial charge in [-0.1, -0.05) is 30.3 Å². The monoisotopic (exact) mass is 276 g/mol. The summed E-state index contributed by atoms with van der Waals surface area (Å²) in [5.74, 6) is -1.29. The Balaban J connectivity index is 1.88. The summed E-state index contributed by atoms with van der Waals surface area (Å²) in [6, 6.07) is 9.47. The predicted molar refractivity (Wildman–Crippen MR) is 70.4 cm³/mol. The minimum atomic E-state index is -0.700. The number of carbonyl (C=O) groups excluding carboxylic acids is 3. The highest BCUT2D eigenvalue weighted by Crippen LogP contribution is 2.07. The zero-order chi connectivity index (χ0) is 14.5. The van der Waals surface area contributed by atoms with Crippen LogP contribution in [0.5, 0.6) is 0 Å². The first kappa shape index (κ1) is 14.2. The van der Waals surface area contributed by atoms with Crippen LogP contribution in [0, 0.1) is 0 Å². The molecule has 0 saturated carbocycles. The second kappa shape index (κ2) is 6.29. The minimum Gasteiger partial charge on any atom is -0.364 e. The van der Waals surface area contributed by atoms with E-state index >= 15 is 0 Å². The maximum absolute atomic E-state index is 12.1. The van der Waals surface area contributed by atoms with Crippen molar-refractivity contribution in [2.24, 2.45) is 0 Å². The van der Waals surface area contributed by atoms with Crippen molar-refractivity contribution < 1.29 is 19.1 Å². The van der Waals surface area contributed by atoms with E-state index in [9.17, 15) is 14.4 Å². The summed E-state index contributed by atoms with van der Waals surface area (Å²) < 4.78 is 5.48. The van der Waals surface area contributed by atoms with E-state index in [0.717, 1.165) is 5.56 Å². The molecule has 1 aromatic rings. The average molecular weight is 276 g/mol. The Hall–Kier alpha value is -2.21. The summed E-state index contributed by atoms with van der Waals surface area (Å²) in [5, 5.41) is 2.15. The van der Waals surface area contributed by atoms with Gasteiger partial charge in [0.05, 0.1) is 6.61 Å². The smallest absolute Gasteiger partial charge is 0.252 e. The van der Waals surface area contributed by atoms with Crippen molar-refractivity contribution >= 4 is 17.7 Å². The van der Waals surface area contributed by atoms with Crippen molar-refractivity contribution in [3.8, 4) is 0 Å². The lowest BCUT2D eigenvalue weighted by atomic mass is 10.2. The molecule has 0 radical (unpaired) electrons. The van der Waals surface area contributed by atoms with E-state index in [1.54, 1.807) is 6.92 Å². The molecule has 1 aliphatic heterocycles. The number of carbonyl (C=O) groups is 3. The molecule has 1 atom stereocenters. The van der Waals surface area contributed by atoms with Crippen molar-refractivity contribution in [3.05, 3.63) is 35.9 Å². The standard InChI is InChI=1S/C14H16N2O4/c1-10(20-9-11-5-3-2-4-6-11)14(19)16-7-12(17)15-13(18)8-16/h2-6,10H,7-9H2,1H3,(H,15,17,18). The van der Waals surface area contributed by atoms with Crippen LogP contribution in [0.1, 0.15) is 12.5 Å². The Morgan fingerprint density at radius 2 is 1.85 bits per heavy atom. The number of hydrogen-bond acceptors (Lipinski definition) is 4. The van der Waals surface area contributed by atoms with E-state index < -0.39 is 17.9 Å². The maximum Gasteiger partial charge on any atom is 0.252 e. The molecule has 1 saturated heterocycles. The van der Waals surface area contributed by atoms with Crippen LogP contribution in [-0.2, 0) is 25.7 Å². The molecule has 1 N–H and O–H groups in total. The summed E-state index contributed by atoms with van der Waals surface area (Å²) >= 11 is 0. The number of amides is 3. The lowest BCUT2D eigenvalue weighted by Gasteiger charge is -2.27. The Kier molecular flexibility index (Phi) is 4.47. The number of hydrogen-bond donors (Lipinski definition) is 1. The number of nitrogens with one attached hydrogen (secondary N) is 1. The third-order valence-electron chi connectivity index (χ3n) is 2.95. The number of imide groups is 1. The summed E-state index contributed by atoms with van der Waals surface area (Å²) in [7, 11) is 0. The van der Waals surface area contributed by atoms with Gasteiger partial charge in [0.25, 0.3) is 5.91 Å². The molecule has 1 fully saturated rings. The fourth-order valence-electron chi connectivity index (χ4n) is 1.92. The van der Waals surface area contributed by atoms with Gasteiger partial charge in [-0.3, -0.25) is 19.7 Å². The van der Waals surface area contributed by atoms with Gasteiger partial charge < -0.3 is 9.64 Å². The van der Waals surface area contributed by atoms with Gasteiger partial charge in [-0.05, 0) is 12.5 Å². The molecule has 0 aromatic heterocycles. The van der Waals surface area contributed by atoms with E-state index in [4.69, 9.17) is 4.74 Å². The first-order chi connectivity index (χ1) is 9.56. The van der Waals surface area contributed by atoms with Crippen LogP contribution in [0.2, 0.25) is 0 Å². The third-order valence-corrected chi connectivity index (χ3v) is 2.95. The van der Waals surface area contributed by atoms with Gasteiger partial charge in [0.15, 0.2) is 0 Å². The molecule has 0 bridgehead atoms. The van der Waals surface area contributed by atoms with Crippen LogP contribution in [0.25, 0.3) is 0 Å². The van der Waals surface area contributed by atoms with E-state index in [0.29, 0.717) is 6.61 Å². The number of ether oxygens (including phenoxy) is 1. The topological polar surface area (TPSA) is 75.7 Å². The van der Waals surface area contributed by atoms with E-state index in [-0.39, 0.29) is 19.0 Å². The van der Waals surface area contributed by atoms with Crippen LogP contribution in [0.15, 0.2) is 30.3 Å². The SMILES string of the molecule is CC(OCc1ccccc1)C(=O)N1CC(=O)NC(=O)C1. The Bertz CT molecular complexity index is 499. The number of nitrogens with zero attached hydrogens (tertiary/aromatic N) is 1. The Morgan fingerprint density at radius 1 is 1.25 bits per heavy atom. The third kappa shape index (κ3) is 3.64. The lowest BCUT2D eigenvalue weighted by molar-refractivity contribution is -0.152.